The monoisotopic (exact) mass is 309 g/mol. The van der Waals surface area contributed by atoms with Crippen LogP contribution in [0.4, 0.5) is 5.69 Å². The average Bonchev–Trinajstić information content (AvgIpc) is 2.36. The van der Waals surface area contributed by atoms with Gasteiger partial charge in [-0.05, 0) is 58.0 Å². The predicted molar refractivity (Wildman–Crippen MR) is 88.0 cm³/mol. The Bertz CT molecular complexity index is 512. The summed E-state index contributed by atoms with van der Waals surface area (Å²) in [7, 11) is 4.21. The van der Waals surface area contributed by atoms with E-state index in [2.05, 4.69) is 29.6 Å². The average molecular weight is 310 g/mol. The van der Waals surface area contributed by atoms with Crippen molar-refractivity contribution in [2.45, 2.75) is 31.7 Å². The molecule has 21 heavy (non-hydrogen) atoms. The topological polar surface area (TPSA) is 44.4 Å². The molecule has 0 heterocycles. The van der Waals surface area contributed by atoms with Crippen molar-refractivity contribution in [1.82, 2.24) is 10.2 Å². The number of benzene rings is 1. The maximum Gasteiger partial charge on any atom is 0.238 e. The van der Waals surface area contributed by atoms with E-state index in [0.717, 1.165) is 17.8 Å². The number of hydrogen-bond acceptors (Lipinski definition) is 3. The van der Waals surface area contributed by atoms with Crippen LogP contribution in [0.3, 0.4) is 0 Å². The summed E-state index contributed by atoms with van der Waals surface area (Å²) in [5, 5.41) is 6.81. The quantitative estimate of drug-likeness (QED) is 0.849. The molecule has 0 radical (unpaired) electrons. The van der Waals surface area contributed by atoms with Crippen LogP contribution in [0.5, 0.6) is 0 Å². The molecule has 116 valence electrons. The van der Waals surface area contributed by atoms with Crippen molar-refractivity contribution in [3.05, 3.63) is 28.8 Å². The first-order valence-electron chi connectivity index (χ1n) is 7.37. The van der Waals surface area contributed by atoms with Gasteiger partial charge in [-0.15, -0.1) is 0 Å². The highest BCUT2D eigenvalue weighted by atomic mass is 35.5. The van der Waals surface area contributed by atoms with Crippen molar-refractivity contribution in [1.29, 1.82) is 0 Å². The Morgan fingerprint density at radius 3 is 2.67 bits per heavy atom. The zero-order chi connectivity index (χ0) is 15.5. The summed E-state index contributed by atoms with van der Waals surface area (Å²) in [5.74, 6) is -0.0337. The molecule has 0 spiro atoms. The lowest BCUT2D eigenvalue weighted by atomic mass is 9.75. The molecular weight excluding hydrogens is 286 g/mol. The third-order valence-electron chi connectivity index (χ3n) is 4.45. The van der Waals surface area contributed by atoms with E-state index in [4.69, 9.17) is 11.6 Å². The third kappa shape index (κ3) is 3.96. The molecule has 1 aliphatic rings. The van der Waals surface area contributed by atoms with Crippen molar-refractivity contribution in [3.8, 4) is 0 Å². The minimum Gasteiger partial charge on any atom is -0.325 e. The Morgan fingerprint density at radius 2 is 2.10 bits per heavy atom. The number of nitrogens with zero attached hydrogens (tertiary/aromatic N) is 1. The first kappa shape index (κ1) is 16.3. The predicted octanol–water partition coefficient (Wildman–Crippen LogP) is 2.66. The van der Waals surface area contributed by atoms with E-state index in [1.54, 1.807) is 6.07 Å². The van der Waals surface area contributed by atoms with Crippen LogP contribution in [0.15, 0.2) is 18.2 Å². The summed E-state index contributed by atoms with van der Waals surface area (Å²) >= 11 is 5.95. The molecule has 5 heteroatoms. The highest BCUT2D eigenvalue weighted by Gasteiger charge is 2.38. The Balaban J connectivity index is 1.81. The van der Waals surface area contributed by atoms with Gasteiger partial charge in [0.15, 0.2) is 0 Å². The number of nitrogens with one attached hydrogen (secondary N) is 2. The van der Waals surface area contributed by atoms with Gasteiger partial charge in [0.25, 0.3) is 0 Å². The summed E-state index contributed by atoms with van der Waals surface area (Å²) < 4.78 is 0. The molecule has 1 aromatic rings. The second-order valence-corrected chi connectivity index (χ2v) is 6.52. The van der Waals surface area contributed by atoms with Gasteiger partial charge in [0.1, 0.15) is 0 Å². The number of halogens is 1. The van der Waals surface area contributed by atoms with E-state index in [0.29, 0.717) is 11.6 Å². The van der Waals surface area contributed by atoms with Crippen molar-refractivity contribution >= 4 is 23.2 Å². The Hall–Kier alpha value is -1.10. The number of aryl methyl sites for hydroxylation is 1. The number of anilines is 1. The second-order valence-electron chi connectivity index (χ2n) is 6.08. The summed E-state index contributed by atoms with van der Waals surface area (Å²) in [6, 6.07) is 5.50. The Morgan fingerprint density at radius 1 is 1.38 bits per heavy atom. The normalized spacial score (nSPS) is 16.6. The second kappa shape index (κ2) is 6.77. The maximum atomic E-state index is 12.0. The molecule has 0 unspecified atom stereocenters. The van der Waals surface area contributed by atoms with Crippen molar-refractivity contribution < 1.29 is 4.79 Å². The van der Waals surface area contributed by atoms with Gasteiger partial charge in [-0.1, -0.05) is 17.7 Å². The van der Waals surface area contributed by atoms with Crippen LogP contribution in [0.2, 0.25) is 5.02 Å². The molecule has 1 amide bonds. The van der Waals surface area contributed by atoms with Crippen LogP contribution in [-0.2, 0) is 4.79 Å². The number of rotatable bonds is 6. The van der Waals surface area contributed by atoms with E-state index >= 15 is 0 Å². The van der Waals surface area contributed by atoms with Gasteiger partial charge in [0, 0.05) is 22.8 Å². The lowest BCUT2D eigenvalue weighted by Crippen LogP contribution is -2.57. The molecule has 0 aromatic heterocycles. The van der Waals surface area contributed by atoms with Gasteiger partial charge in [0.05, 0.1) is 6.54 Å². The number of likely N-dealkylation sites (N-methyl/N-ethyl adjacent to an activating group) is 1. The van der Waals surface area contributed by atoms with Gasteiger partial charge in [0.2, 0.25) is 5.91 Å². The summed E-state index contributed by atoms with van der Waals surface area (Å²) in [6.07, 6.45) is 3.66. The zero-order valence-electron chi connectivity index (χ0n) is 13.0. The molecule has 1 aliphatic carbocycles. The Kier molecular flexibility index (Phi) is 5.25. The minimum atomic E-state index is -0.0337. The fraction of sp³-hybridized carbons (Fsp3) is 0.562. The number of carbonyl (C=O) groups is 1. The summed E-state index contributed by atoms with van der Waals surface area (Å²) in [5.41, 5.74) is 2.02. The molecule has 1 aromatic carbocycles. The van der Waals surface area contributed by atoms with Crippen LogP contribution in [0, 0.1) is 6.92 Å². The smallest absolute Gasteiger partial charge is 0.238 e. The number of hydrogen-bond donors (Lipinski definition) is 2. The molecule has 4 nitrogen and oxygen atoms in total. The first-order valence-corrected chi connectivity index (χ1v) is 7.75. The van der Waals surface area contributed by atoms with Gasteiger partial charge in [-0.25, -0.2) is 0 Å². The van der Waals surface area contributed by atoms with Crippen molar-refractivity contribution in [3.63, 3.8) is 0 Å². The highest BCUT2D eigenvalue weighted by Crippen LogP contribution is 2.35. The van der Waals surface area contributed by atoms with Gasteiger partial charge in [-0.3, -0.25) is 4.79 Å². The fourth-order valence-corrected chi connectivity index (χ4v) is 2.87. The van der Waals surface area contributed by atoms with E-state index in [9.17, 15) is 4.79 Å². The molecule has 0 saturated heterocycles. The molecule has 0 aliphatic heterocycles. The maximum absolute atomic E-state index is 12.0. The highest BCUT2D eigenvalue weighted by molar-refractivity contribution is 6.31. The van der Waals surface area contributed by atoms with E-state index < -0.39 is 0 Å². The largest absolute Gasteiger partial charge is 0.325 e. The number of amides is 1. The van der Waals surface area contributed by atoms with Crippen LogP contribution < -0.4 is 10.6 Å². The van der Waals surface area contributed by atoms with Gasteiger partial charge >= 0.3 is 0 Å². The van der Waals surface area contributed by atoms with Crippen LogP contribution in [-0.4, -0.2) is 43.5 Å². The summed E-state index contributed by atoms with van der Waals surface area (Å²) in [4.78, 5) is 14.3. The molecule has 0 bridgehead atoms. The SMILES string of the molecule is Cc1ccc(Cl)cc1NC(=O)CNCC1(N(C)C)CCC1. The molecule has 0 atom stereocenters. The number of carbonyl (C=O) groups excluding carboxylic acids is 1. The summed E-state index contributed by atoms with van der Waals surface area (Å²) in [6.45, 7) is 3.12. The molecule has 2 N–H and O–H groups in total. The van der Waals surface area contributed by atoms with Crippen LogP contribution >= 0.6 is 11.6 Å². The zero-order valence-corrected chi connectivity index (χ0v) is 13.8. The minimum absolute atomic E-state index is 0.0337. The molecular formula is C16H24ClN3O. The van der Waals surface area contributed by atoms with Crippen molar-refractivity contribution in [2.24, 2.45) is 0 Å². The third-order valence-corrected chi connectivity index (χ3v) is 4.68. The lowest BCUT2D eigenvalue weighted by Gasteiger charge is -2.47. The molecule has 1 fully saturated rings. The molecule has 2 rings (SSSR count). The van der Waals surface area contributed by atoms with Gasteiger partial charge in [-0.2, -0.15) is 0 Å². The van der Waals surface area contributed by atoms with E-state index in [-0.39, 0.29) is 11.4 Å². The fourth-order valence-electron chi connectivity index (χ4n) is 2.70. The van der Waals surface area contributed by atoms with E-state index in [1.165, 1.54) is 19.3 Å². The van der Waals surface area contributed by atoms with Crippen LogP contribution in [0.25, 0.3) is 0 Å². The Labute approximate surface area is 131 Å². The van der Waals surface area contributed by atoms with Crippen molar-refractivity contribution in [2.75, 3.05) is 32.5 Å². The van der Waals surface area contributed by atoms with E-state index in [1.807, 2.05) is 19.1 Å². The standard InChI is InChI=1S/C16H24ClN3O/c1-12-5-6-13(17)9-14(12)19-15(21)10-18-11-16(20(2)3)7-4-8-16/h5-6,9,18H,4,7-8,10-11H2,1-3H3,(H,19,21). The lowest BCUT2D eigenvalue weighted by molar-refractivity contribution is -0.115. The molecule has 1 saturated carbocycles. The van der Waals surface area contributed by atoms with Gasteiger partial charge < -0.3 is 15.5 Å². The first-order chi connectivity index (χ1) is 9.93. The van der Waals surface area contributed by atoms with Crippen LogP contribution in [0.1, 0.15) is 24.8 Å².